The maximum atomic E-state index is 6.36. The Kier molecular flexibility index (Phi) is 2.91. The number of piperidine rings is 1. The molecule has 1 aliphatic carbocycles. The van der Waals surface area contributed by atoms with Crippen molar-refractivity contribution >= 4 is 11.6 Å². The van der Waals surface area contributed by atoms with E-state index in [0.29, 0.717) is 5.92 Å². The van der Waals surface area contributed by atoms with E-state index in [1.54, 1.807) is 0 Å². The van der Waals surface area contributed by atoms with Gasteiger partial charge in [-0.1, -0.05) is 23.7 Å². The molecule has 1 aromatic rings. The SMILES string of the molecule is Clc1cc(C2CCCNC2)ccc1C1CC1. The topological polar surface area (TPSA) is 12.0 Å². The zero-order valence-corrected chi connectivity index (χ0v) is 10.3. The third kappa shape index (κ3) is 2.11. The van der Waals surface area contributed by atoms with Crippen LogP contribution in [0.4, 0.5) is 0 Å². The summed E-state index contributed by atoms with van der Waals surface area (Å²) < 4.78 is 0. The van der Waals surface area contributed by atoms with Crippen molar-refractivity contribution in [2.45, 2.75) is 37.5 Å². The van der Waals surface area contributed by atoms with Gasteiger partial charge in [-0.25, -0.2) is 0 Å². The minimum absolute atomic E-state index is 0.666. The van der Waals surface area contributed by atoms with Gasteiger partial charge in [-0.3, -0.25) is 0 Å². The van der Waals surface area contributed by atoms with Crippen LogP contribution < -0.4 is 5.32 Å². The predicted octanol–water partition coefficient (Wildman–Crippen LogP) is 3.68. The zero-order chi connectivity index (χ0) is 11.0. The van der Waals surface area contributed by atoms with Crippen LogP contribution in [0.1, 0.15) is 48.6 Å². The number of halogens is 1. The van der Waals surface area contributed by atoms with Gasteiger partial charge in [-0.2, -0.15) is 0 Å². The third-order valence-electron chi connectivity index (χ3n) is 3.81. The lowest BCUT2D eigenvalue weighted by molar-refractivity contribution is 0.461. The molecule has 16 heavy (non-hydrogen) atoms. The van der Waals surface area contributed by atoms with E-state index in [1.807, 2.05) is 0 Å². The molecule has 1 unspecified atom stereocenters. The van der Waals surface area contributed by atoms with Crippen molar-refractivity contribution < 1.29 is 0 Å². The molecule has 0 radical (unpaired) electrons. The highest BCUT2D eigenvalue weighted by Gasteiger charge is 2.26. The van der Waals surface area contributed by atoms with E-state index in [2.05, 4.69) is 23.5 Å². The van der Waals surface area contributed by atoms with E-state index in [0.717, 1.165) is 17.5 Å². The van der Waals surface area contributed by atoms with Gasteiger partial charge in [0.05, 0.1) is 0 Å². The predicted molar refractivity (Wildman–Crippen MR) is 68.3 cm³/mol. The van der Waals surface area contributed by atoms with Gasteiger partial charge >= 0.3 is 0 Å². The average Bonchev–Trinajstić information content (AvgIpc) is 3.14. The van der Waals surface area contributed by atoms with Gasteiger partial charge in [0, 0.05) is 11.6 Å². The molecular weight excluding hydrogens is 218 g/mol. The highest BCUT2D eigenvalue weighted by atomic mass is 35.5. The van der Waals surface area contributed by atoms with Gasteiger partial charge in [-0.15, -0.1) is 0 Å². The number of rotatable bonds is 2. The highest BCUT2D eigenvalue weighted by Crippen LogP contribution is 2.43. The number of hydrogen-bond acceptors (Lipinski definition) is 1. The van der Waals surface area contributed by atoms with Crippen molar-refractivity contribution in [3.63, 3.8) is 0 Å². The summed E-state index contributed by atoms with van der Waals surface area (Å²) in [4.78, 5) is 0. The minimum atomic E-state index is 0.666. The van der Waals surface area contributed by atoms with Gasteiger partial charge < -0.3 is 5.32 Å². The number of nitrogens with one attached hydrogen (secondary N) is 1. The Morgan fingerprint density at radius 1 is 1.12 bits per heavy atom. The molecule has 0 aromatic heterocycles. The molecule has 1 atom stereocenters. The summed E-state index contributed by atoms with van der Waals surface area (Å²) in [6.45, 7) is 2.28. The molecule has 0 bridgehead atoms. The lowest BCUT2D eigenvalue weighted by atomic mass is 9.91. The molecule has 2 aliphatic rings. The Labute approximate surface area is 102 Å². The Hall–Kier alpha value is -0.530. The van der Waals surface area contributed by atoms with Crippen LogP contribution in [-0.4, -0.2) is 13.1 Å². The van der Waals surface area contributed by atoms with E-state index in [1.165, 1.54) is 43.4 Å². The van der Waals surface area contributed by atoms with Crippen LogP contribution in [0, 0.1) is 0 Å². The van der Waals surface area contributed by atoms with Crippen molar-refractivity contribution in [1.29, 1.82) is 0 Å². The van der Waals surface area contributed by atoms with E-state index >= 15 is 0 Å². The fraction of sp³-hybridized carbons (Fsp3) is 0.571. The highest BCUT2D eigenvalue weighted by molar-refractivity contribution is 6.31. The molecule has 1 saturated heterocycles. The molecule has 1 nitrogen and oxygen atoms in total. The second-order valence-corrected chi connectivity index (χ2v) is 5.51. The molecule has 2 fully saturated rings. The van der Waals surface area contributed by atoms with Gasteiger partial charge in [0.25, 0.3) is 0 Å². The van der Waals surface area contributed by atoms with E-state index < -0.39 is 0 Å². The van der Waals surface area contributed by atoms with Crippen LogP contribution in [0.15, 0.2) is 18.2 Å². The van der Waals surface area contributed by atoms with Crippen molar-refractivity contribution in [3.05, 3.63) is 34.3 Å². The maximum absolute atomic E-state index is 6.36. The van der Waals surface area contributed by atoms with Crippen molar-refractivity contribution in [2.75, 3.05) is 13.1 Å². The standard InChI is InChI=1S/C14H18ClN/c15-14-8-11(12-2-1-7-16-9-12)5-6-13(14)10-3-4-10/h5-6,8,10,12,16H,1-4,7,9H2. The summed E-state index contributed by atoms with van der Waals surface area (Å²) in [6, 6.07) is 6.74. The Bertz CT molecular complexity index is 378. The van der Waals surface area contributed by atoms with Crippen LogP contribution in [0.25, 0.3) is 0 Å². The zero-order valence-electron chi connectivity index (χ0n) is 9.51. The van der Waals surface area contributed by atoms with Crippen LogP contribution in [-0.2, 0) is 0 Å². The first-order valence-corrected chi connectivity index (χ1v) is 6.72. The van der Waals surface area contributed by atoms with Crippen molar-refractivity contribution in [2.24, 2.45) is 0 Å². The van der Waals surface area contributed by atoms with E-state index in [4.69, 9.17) is 11.6 Å². The average molecular weight is 236 g/mol. The largest absolute Gasteiger partial charge is 0.316 e. The lowest BCUT2D eigenvalue weighted by Crippen LogP contribution is -2.28. The van der Waals surface area contributed by atoms with Crippen LogP contribution in [0.2, 0.25) is 5.02 Å². The summed E-state index contributed by atoms with van der Waals surface area (Å²) in [5.74, 6) is 1.42. The molecule has 0 amide bonds. The molecule has 86 valence electrons. The van der Waals surface area contributed by atoms with Crippen LogP contribution in [0.5, 0.6) is 0 Å². The van der Waals surface area contributed by atoms with E-state index in [9.17, 15) is 0 Å². The van der Waals surface area contributed by atoms with Gasteiger partial charge in [-0.05, 0) is 61.3 Å². The monoisotopic (exact) mass is 235 g/mol. The summed E-state index contributed by atoms with van der Waals surface area (Å²) in [7, 11) is 0. The Morgan fingerprint density at radius 3 is 2.62 bits per heavy atom. The quantitative estimate of drug-likeness (QED) is 0.825. The Balaban J connectivity index is 1.81. The van der Waals surface area contributed by atoms with Crippen molar-refractivity contribution in [1.82, 2.24) is 5.32 Å². The molecule has 3 rings (SSSR count). The third-order valence-corrected chi connectivity index (χ3v) is 4.14. The minimum Gasteiger partial charge on any atom is -0.316 e. The number of benzene rings is 1. The summed E-state index contributed by atoms with van der Waals surface area (Å²) in [5.41, 5.74) is 2.79. The first-order chi connectivity index (χ1) is 7.84. The van der Waals surface area contributed by atoms with Gasteiger partial charge in [0.1, 0.15) is 0 Å². The molecule has 1 aliphatic heterocycles. The molecule has 1 saturated carbocycles. The lowest BCUT2D eigenvalue weighted by Gasteiger charge is -2.23. The summed E-state index contributed by atoms with van der Waals surface area (Å²) >= 11 is 6.36. The van der Waals surface area contributed by atoms with Crippen molar-refractivity contribution in [3.8, 4) is 0 Å². The smallest absolute Gasteiger partial charge is 0.0443 e. The summed E-state index contributed by atoms with van der Waals surface area (Å²) in [6.07, 6.45) is 5.23. The fourth-order valence-electron chi connectivity index (χ4n) is 2.66. The molecule has 1 aromatic carbocycles. The summed E-state index contributed by atoms with van der Waals surface area (Å²) in [5, 5.41) is 4.45. The molecule has 1 heterocycles. The van der Waals surface area contributed by atoms with E-state index in [-0.39, 0.29) is 0 Å². The second kappa shape index (κ2) is 4.38. The maximum Gasteiger partial charge on any atom is 0.0443 e. The van der Waals surface area contributed by atoms with Gasteiger partial charge in [0.2, 0.25) is 0 Å². The normalized spacial score (nSPS) is 25.7. The molecule has 2 heteroatoms. The first-order valence-electron chi connectivity index (χ1n) is 6.34. The number of hydrogen-bond donors (Lipinski definition) is 1. The second-order valence-electron chi connectivity index (χ2n) is 5.10. The molecular formula is C14H18ClN. The fourth-order valence-corrected chi connectivity index (χ4v) is 3.00. The molecule has 0 spiro atoms. The van der Waals surface area contributed by atoms with Crippen LogP contribution in [0.3, 0.4) is 0 Å². The first kappa shape index (κ1) is 10.6. The molecule has 1 N–H and O–H groups in total. The van der Waals surface area contributed by atoms with Gasteiger partial charge in [0.15, 0.2) is 0 Å². The van der Waals surface area contributed by atoms with Crippen LogP contribution >= 0.6 is 11.6 Å². The Morgan fingerprint density at radius 2 is 2.00 bits per heavy atom.